The van der Waals surface area contributed by atoms with Crippen LogP contribution in [0.4, 0.5) is 16.5 Å². The van der Waals surface area contributed by atoms with Crippen LogP contribution in [0.2, 0.25) is 0 Å². The summed E-state index contributed by atoms with van der Waals surface area (Å²) in [6, 6.07) is 11.6. The van der Waals surface area contributed by atoms with E-state index in [1.165, 1.54) is 55.5 Å². The van der Waals surface area contributed by atoms with E-state index in [4.69, 9.17) is 14.2 Å². The van der Waals surface area contributed by atoms with Crippen LogP contribution in [0.1, 0.15) is 20.7 Å². The third-order valence-electron chi connectivity index (χ3n) is 4.11. The minimum atomic E-state index is -0.643. The van der Waals surface area contributed by atoms with E-state index < -0.39 is 11.9 Å². The maximum absolute atomic E-state index is 12.4. The Balaban J connectivity index is 1.61. The number of anilines is 3. The fraction of sp³-hybridized carbons (Fsp3) is 0.190. The molecule has 10 nitrogen and oxygen atoms in total. The van der Waals surface area contributed by atoms with Crippen LogP contribution < -0.4 is 15.4 Å². The van der Waals surface area contributed by atoms with E-state index in [2.05, 4.69) is 20.8 Å². The van der Waals surface area contributed by atoms with Crippen molar-refractivity contribution in [3.05, 3.63) is 53.6 Å². The maximum Gasteiger partial charge on any atom is 0.337 e. The van der Waals surface area contributed by atoms with Crippen molar-refractivity contribution >= 4 is 57.5 Å². The molecular weight excluding hydrogens is 468 g/mol. The number of esters is 2. The van der Waals surface area contributed by atoms with Crippen LogP contribution in [0.25, 0.3) is 0 Å². The average molecular weight is 489 g/mol. The number of amides is 1. The van der Waals surface area contributed by atoms with Gasteiger partial charge in [0.05, 0.1) is 38.2 Å². The lowest BCUT2D eigenvalue weighted by Crippen LogP contribution is -2.16. The van der Waals surface area contributed by atoms with Crippen LogP contribution >= 0.6 is 23.1 Å². The second-order valence-corrected chi connectivity index (χ2v) is 8.55. The molecule has 0 saturated carbocycles. The molecule has 3 aromatic rings. The Hall–Kier alpha value is -3.64. The number of aromatic nitrogens is 2. The number of rotatable bonds is 9. The third kappa shape index (κ3) is 6.67. The smallest absolute Gasteiger partial charge is 0.337 e. The Bertz CT molecular complexity index is 1130. The lowest BCUT2D eigenvalue weighted by Gasteiger charge is -2.09. The quantitative estimate of drug-likeness (QED) is 0.340. The first-order valence-corrected chi connectivity index (χ1v) is 11.2. The summed E-state index contributed by atoms with van der Waals surface area (Å²) in [6.45, 7) is 0. The molecule has 0 aliphatic rings. The molecular formula is C21H20N4O6S2. The Morgan fingerprint density at radius 3 is 2.27 bits per heavy atom. The molecule has 0 atom stereocenters. The number of carbonyl (C=O) groups excluding carboxylic acids is 3. The van der Waals surface area contributed by atoms with Gasteiger partial charge in [0.25, 0.3) is 0 Å². The molecule has 0 radical (unpaired) electrons. The zero-order valence-electron chi connectivity index (χ0n) is 17.9. The summed E-state index contributed by atoms with van der Waals surface area (Å²) in [7, 11) is 4.04. The van der Waals surface area contributed by atoms with Crippen molar-refractivity contribution in [2.45, 2.75) is 4.34 Å². The minimum Gasteiger partial charge on any atom is -0.497 e. The van der Waals surface area contributed by atoms with Crippen LogP contribution in [0.5, 0.6) is 5.75 Å². The fourth-order valence-electron chi connectivity index (χ4n) is 2.64. The van der Waals surface area contributed by atoms with Crippen LogP contribution in [0, 0.1) is 0 Å². The van der Waals surface area contributed by atoms with E-state index in [0.717, 1.165) is 5.69 Å². The number of ether oxygens (including phenoxy) is 3. The van der Waals surface area contributed by atoms with Crippen molar-refractivity contribution in [3.8, 4) is 5.75 Å². The van der Waals surface area contributed by atoms with Crippen LogP contribution in [-0.2, 0) is 14.3 Å². The van der Waals surface area contributed by atoms with Gasteiger partial charge >= 0.3 is 11.9 Å². The normalized spacial score (nSPS) is 10.3. The highest BCUT2D eigenvalue weighted by atomic mass is 32.2. The molecule has 33 heavy (non-hydrogen) atoms. The van der Waals surface area contributed by atoms with Gasteiger partial charge in [0.1, 0.15) is 5.75 Å². The summed E-state index contributed by atoms with van der Waals surface area (Å²) in [5.74, 6) is -0.882. The molecule has 0 fully saturated rings. The highest BCUT2D eigenvalue weighted by Crippen LogP contribution is 2.29. The van der Waals surface area contributed by atoms with E-state index in [9.17, 15) is 14.4 Å². The molecule has 1 amide bonds. The van der Waals surface area contributed by atoms with Gasteiger partial charge in [-0.3, -0.25) is 4.79 Å². The van der Waals surface area contributed by atoms with Crippen LogP contribution in [-0.4, -0.2) is 55.1 Å². The SMILES string of the molecule is COC(=O)c1cc(NC(=O)CSc2nnc(Nc3cccc(OC)c3)s2)cc(C(=O)OC)c1. The number of carbonyl (C=O) groups is 3. The van der Waals surface area contributed by atoms with Crippen LogP contribution in [0.3, 0.4) is 0 Å². The molecule has 12 heteroatoms. The number of hydrogen-bond donors (Lipinski definition) is 2. The van der Waals surface area contributed by atoms with Gasteiger partial charge in [0, 0.05) is 17.4 Å². The van der Waals surface area contributed by atoms with E-state index in [-0.39, 0.29) is 28.5 Å². The van der Waals surface area contributed by atoms with Crippen molar-refractivity contribution in [1.82, 2.24) is 10.2 Å². The number of benzene rings is 2. The Labute approximate surface area is 197 Å². The maximum atomic E-state index is 12.4. The zero-order valence-corrected chi connectivity index (χ0v) is 19.5. The van der Waals surface area contributed by atoms with Crippen LogP contribution in [0.15, 0.2) is 46.8 Å². The summed E-state index contributed by atoms with van der Waals surface area (Å²) in [5.41, 5.74) is 1.29. The highest BCUT2D eigenvalue weighted by molar-refractivity contribution is 8.01. The summed E-state index contributed by atoms with van der Waals surface area (Å²) >= 11 is 2.50. The monoisotopic (exact) mass is 488 g/mol. The molecule has 0 aliphatic heterocycles. The summed E-state index contributed by atoms with van der Waals surface area (Å²) in [4.78, 5) is 36.2. The first-order chi connectivity index (χ1) is 15.9. The Morgan fingerprint density at radius 1 is 0.939 bits per heavy atom. The van der Waals surface area contributed by atoms with Gasteiger partial charge in [-0.05, 0) is 30.3 Å². The molecule has 1 aromatic heterocycles. The van der Waals surface area contributed by atoms with Crippen molar-refractivity contribution in [1.29, 1.82) is 0 Å². The molecule has 0 aliphatic carbocycles. The van der Waals surface area contributed by atoms with Gasteiger partial charge < -0.3 is 24.8 Å². The van der Waals surface area contributed by atoms with Gasteiger partial charge in [-0.25, -0.2) is 9.59 Å². The first-order valence-electron chi connectivity index (χ1n) is 9.40. The average Bonchev–Trinajstić information content (AvgIpc) is 3.28. The molecule has 0 spiro atoms. The summed E-state index contributed by atoms with van der Waals surface area (Å²) in [6.07, 6.45) is 0. The van der Waals surface area contributed by atoms with Gasteiger partial charge in [-0.2, -0.15) is 0 Å². The molecule has 2 aromatic carbocycles. The predicted octanol–water partition coefficient (Wildman–Crippen LogP) is 3.59. The van der Waals surface area contributed by atoms with E-state index in [1.807, 2.05) is 24.3 Å². The minimum absolute atomic E-state index is 0.0454. The van der Waals surface area contributed by atoms with Crippen molar-refractivity contribution < 1.29 is 28.6 Å². The first kappa shape index (κ1) is 24.0. The van der Waals surface area contributed by atoms with E-state index >= 15 is 0 Å². The lowest BCUT2D eigenvalue weighted by molar-refractivity contribution is -0.113. The number of thioether (sulfide) groups is 1. The molecule has 172 valence electrons. The third-order valence-corrected chi connectivity index (χ3v) is 6.09. The second kappa shape index (κ2) is 11.3. The molecule has 0 saturated heterocycles. The van der Waals surface area contributed by atoms with Crippen molar-refractivity contribution in [3.63, 3.8) is 0 Å². The van der Waals surface area contributed by atoms with Gasteiger partial charge in [-0.15, -0.1) is 10.2 Å². The number of hydrogen-bond acceptors (Lipinski definition) is 11. The Morgan fingerprint density at radius 2 is 1.64 bits per heavy atom. The van der Waals surface area contributed by atoms with E-state index in [1.54, 1.807) is 7.11 Å². The van der Waals surface area contributed by atoms with Gasteiger partial charge in [0.15, 0.2) is 4.34 Å². The number of nitrogens with zero attached hydrogens (tertiary/aromatic N) is 2. The molecule has 2 N–H and O–H groups in total. The molecule has 1 heterocycles. The largest absolute Gasteiger partial charge is 0.497 e. The summed E-state index contributed by atoms with van der Waals surface area (Å²) in [5, 5.41) is 14.5. The molecule has 0 unspecified atom stereocenters. The zero-order chi connectivity index (χ0) is 23.8. The van der Waals surface area contributed by atoms with Crippen molar-refractivity contribution in [2.75, 3.05) is 37.7 Å². The number of nitrogens with one attached hydrogen (secondary N) is 2. The second-order valence-electron chi connectivity index (χ2n) is 6.35. The highest BCUT2D eigenvalue weighted by Gasteiger charge is 2.15. The standard InChI is InChI=1S/C21H20N4O6S2/c1-29-16-6-4-5-14(10-16)23-20-24-25-21(33-20)32-11-17(26)22-15-8-12(18(27)30-2)7-13(9-15)19(28)31-3/h4-10H,11H2,1-3H3,(H,22,26)(H,23,24). The topological polar surface area (TPSA) is 129 Å². The van der Waals surface area contributed by atoms with E-state index in [0.29, 0.717) is 15.2 Å². The van der Waals surface area contributed by atoms with Gasteiger partial charge in [0.2, 0.25) is 11.0 Å². The molecule has 3 rings (SSSR count). The fourth-order valence-corrected chi connectivity index (χ4v) is 4.21. The van der Waals surface area contributed by atoms with Crippen molar-refractivity contribution in [2.24, 2.45) is 0 Å². The predicted molar refractivity (Wildman–Crippen MR) is 125 cm³/mol. The van der Waals surface area contributed by atoms with Gasteiger partial charge in [-0.1, -0.05) is 29.2 Å². The summed E-state index contributed by atoms with van der Waals surface area (Å²) < 4.78 is 15.2. The molecule has 0 bridgehead atoms. The Kier molecular flexibility index (Phi) is 8.22. The lowest BCUT2D eigenvalue weighted by atomic mass is 10.1. The number of methoxy groups -OCH3 is 3.